The molecule has 1 fully saturated rings. The lowest BCUT2D eigenvalue weighted by atomic mass is 9.77. The van der Waals surface area contributed by atoms with E-state index in [1.807, 2.05) is 0 Å². The van der Waals surface area contributed by atoms with Crippen LogP contribution in [0.2, 0.25) is 0 Å². The van der Waals surface area contributed by atoms with Gasteiger partial charge in [0.1, 0.15) is 5.70 Å². The van der Waals surface area contributed by atoms with Crippen molar-refractivity contribution in [2.75, 3.05) is 20.1 Å². The molecule has 4 atom stereocenters. The Morgan fingerprint density at radius 1 is 1.27 bits per heavy atom. The van der Waals surface area contributed by atoms with Crippen LogP contribution in [-0.4, -0.2) is 75.9 Å². The van der Waals surface area contributed by atoms with Crippen LogP contribution in [0.4, 0.5) is 5.69 Å². The van der Waals surface area contributed by atoms with Crippen molar-refractivity contribution in [3.05, 3.63) is 51.2 Å². The van der Waals surface area contributed by atoms with E-state index in [2.05, 4.69) is 0 Å². The van der Waals surface area contributed by atoms with Crippen LogP contribution < -0.4 is 5.73 Å². The summed E-state index contributed by atoms with van der Waals surface area (Å²) in [5.74, 6) is -4.22. The van der Waals surface area contributed by atoms with Crippen LogP contribution in [0.3, 0.4) is 0 Å². The van der Waals surface area contributed by atoms with E-state index in [9.17, 15) is 34.4 Å². The van der Waals surface area contributed by atoms with Crippen molar-refractivity contribution in [2.24, 2.45) is 17.6 Å². The second-order valence-corrected chi connectivity index (χ2v) is 8.25. The van der Waals surface area contributed by atoms with E-state index in [0.29, 0.717) is 5.57 Å². The highest BCUT2D eigenvalue weighted by Gasteiger charge is 2.60. The summed E-state index contributed by atoms with van der Waals surface area (Å²) in [6, 6.07) is 4.02. The quantitative estimate of drug-likeness (QED) is 0.175. The zero-order valence-corrected chi connectivity index (χ0v) is 18.3. The van der Waals surface area contributed by atoms with Gasteiger partial charge in [0.15, 0.2) is 0 Å². The molecule has 0 unspecified atom stereocenters. The molecule has 2 heterocycles. The van der Waals surface area contributed by atoms with E-state index in [1.54, 1.807) is 18.9 Å². The fourth-order valence-corrected chi connectivity index (χ4v) is 4.37. The molecule has 0 aliphatic carbocycles. The lowest BCUT2D eigenvalue weighted by Crippen LogP contribution is -2.63. The van der Waals surface area contributed by atoms with Crippen molar-refractivity contribution >= 4 is 29.4 Å². The molecule has 33 heavy (non-hydrogen) atoms. The summed E-state index contributed by atoms with van der Waals surface area (Å²) in [6.07, 6.45) is -0.942. The largest absolute Gasteiger partial charge is 0.393 e. The smallest absolute Gasteiger partial charge is 0.362 e. The number of benzene rings is 1. The van der Waals surface area contributed by atoms with E-state index < -0.39 is 46.7 Å². The van der Waals surface area contributed by atoms with Crippen LogP contribution in [0, 0.1) is 22.0 Å². The molecule has 2 amide bonds. The molecule has 1 aromatic carbocycles. The number of amides is 2. The van der Waals surface area contributed by atoms with E-state index in [-0.39, 0.29) is 36.0 Å². The molecule has 3 N–H and O–H groups in total. The van der Waals surface area contributed by atoms with Gasteiger partial charge in [-0.05, 0) is 31.7 Å². The number of hydrogen-bond acceptors (Lipinski definition) is 9. The SMILES string of the molecule is C[C@@H](O)[C@H]1C(=O)N2C(C(=O)OC(=O)c3ccc([N+](=O)[O-])cc3)=C(CN(C)CC(N)=O)[C@H](C)[C@H]12. The van der Waals surface area contributed by atoms with Crippen LogP contribution in [0.5, 0.6) is 0 Å². The summed E-state index contributed by atoms with van der Waals surface area (Å²) in [5.41, 5.74) is 5.28. The number of nitrogens with two attached hydrogens (primary N) is 1. The Bertz CT molecular complexity index is 1050. The summed E-state index contributed by atoms with van der Waals surface area (Å²) in [5, 5.41) is 20.8. The third-order valence-electron chi connectivity index (χ3n) is 5.87. The van der Waals surface area contributed by atoms with Gasteiger partial charge in [-0.15, -0.1) is 0 Å². The van der Waals surface area contributed by atoms with Gasteiger partial charge in [0, 0.05) is 24.6 Å². The van der Waals surface area contributed by atoms with Crippen molar-refractivity contribution in [2.45, 2.75) is 26.0 Å². The Balaban J connectivity index is 1.88. The van der Waals surface area contributed by atoms with Gasteiger partial charge in [-0.25, -0.2) is 9.59 Å². The highest BCUT2D eigenvalue weighted by molar-refractivity contribution is 6.06. The summed E-state index contributed by atoms with van der Waals surface area (Å²) in [7, 11) is 1.61. The number of nitrogens with zero attached hydrogens (tertiary/aromatic N) is 3. The third kappa shape index (κ3) is 4.47. The summed E-state index contributed by atoms with van der Waals surface area (Å²) >= 11 is 0. The fourth-order valence-electron chi connectivity index (χ4n) is 4.37. The minimum absolute atomic E-state index is 0.0821. The molecule has 176 valence electrons. The van der Waals surface area contributed by atoms with Crippen molar-refractivity contribution in [1.29, 1.82) is 0 Å². The number of ether oxygens (including phenoxy) is 1. The summed E-state index contributed by atoms with van der Waals surface area (Å²) in [6.45, 7) is 3.27. The minimum Gasteiger partial charge on any atom is -0.393 e. The Labute approximate surface area is 188 Å². The molecule has 0 radical (unpaired) electrons. The number of primary amides is 1. The van der Waals surface area contributed by atoms with Gasteiger partial charge in [0.2, 0.25) is 11.8 Å². The van der Waals surface area contributed by atoms with Crippen LogP contribution in [0.15, 0.2) is 35.5 Å². The van der Waals surface area contributed by atoms with E-state index in [4.69, 9.17) is 10.5 Å². The van der Waals surface area contributed by atoms with Gasteiger partial charge in [-0.3, -0.25) is 24.6 Å². The molecular formula is C21H24N4O8. The number of fused-ring (bicyclic) bond motifs is 1. The minimum atomic E-state index is -1.06. The molecule has 1 aromatic rings. The zero-order chi connectivity index (χ0) is 24.6. The van der Waals surface area contributed by atoms with E-state index in [0.717, 1.165) is 24.3 Å². The maximum atomic E-state index is 13.0. The van der Waals surface area contributed by atoms with Gasteiger partial charge in [0.05, 0.1) is 35.1 Å². The van der Waals surface area contributed by atoms with Crippen LogP contribution >= 0.6 is 0 Å². The van der Waals surface area contributed by atoms with Gasteiger partial charge in [0.25, 0.3) is 5.69 Å². The van der Waals surface area contributed by atoms with E-state index in [1.165, 1.54) is 11.8 Å². The number of non-ortho nitro benzene ring substituents is 1. The Hall–Kier alpha value is -3.64. The number of hydrogen-bond donors (Lipinski definition) is 2. The van der Waals surface area contributed by atoms with Crippen LogP contribution in [0.1, 0.15) is 24.2 Å². The van der Waals surface area contributed by atoms with Gasteiger partial charge in [-0.2, -0.15) is 0 Å². The number of β-lactam (4-membered cyclic amide) rings is 1. The number of aliphatic hydroxyl groups is 1. The first kappa shape index (κ1) is 24.0. The first-order chi connectivity index (χ1) is 15.4. The normalized spacial score (nSPS) is 22.6. The highest BCUT2D eigenvalue weighted by Crippen LogP contribution is 2.47. The van der Waals surface area contributed by atoms with Crippen LogP contribution in [-0.2, 0) is 19.1 Å². The van der Waals surface area contributed by atoms with Crippen molar-refractivity contribution < 1.29 is 33.9 Å². The Morgan fingerprint density at radius 3 is 2.39 bits per heavy atom. The molecule has 0 bridgehead atoms. The number of nitro benzene ring substituents is 1. The molecule has 0 spiro atoms. The van der Waals surface area contributed by atoms with Gasteiger partial charge in [-0.1, -0.05) is 6.92 Å². The number of carbonyl (C=O) groups is 4. The molecule has 3 rings (SSSR count). The topological polar surface area (TPSA) is 173 Å². The number of rotatable bonds is 8. The maximum Gasteiger partial charge on any atom is 0.362 e. The molecule has 0 aromatic heterocycles. The van der Waals surface area contributed by atoms with Crippen molar-refractivity contribution in [3.8, 4) is 0 Å². The number of likely N-dealkylation sites (N-methyl/N-ethyl adjacent to an activating group) is 1. The molecule has 2 aliphatic heterocycles. The van der Waals surface area contributed by atoms with Gasteiger partial charge >= 0.3 is 11.9 Å². The first-order valence-electron chi connectivity index (χ1n) is 10.2. The number of aliphatic hydroxyl groups excluding tert-OH is 1. The molecule has 12 nitrogen and oxygen atoms in total. The fraction of sp³-hybridized carbons (Fsp3) is 0.429. The number of nitro groups is 1. The summed E-state index contributed by atoms with van der Waals surface area (Å²) < 4.78 is 4.99. The van der Waals surface area contributed by atoms with Crippen LogP contribution in [0.25, 0.3) is 0 Å². The average Bonchev–Trinajstić information content (AvgIpc) is 2.95. The highest BCUT2D eigenvalue weighted by atomic mass is 16.6. The number of esters is 2. The standard InChI is InChI=1S/C21H24N4O8/c1-10-14(8-23(3)9-15(22)27)18(24-17(10)16(11(2)26)19(24)28)21(30)33-20(29)12-4-6-13(7-5-12)25(31)32/h4-7,10-11,16-17,26H,8-9H2,1-3H3,(H2,22,27)/t10-,11+,16+,17+/m0/s1. The Kier molecular flexibility index (Phi) is 6.60. The molecule has 12 heteroatoms. The Morgan fingerprint density at radius 2 is 1.88 bits per heavy atom. The summed E-state index contributed by atoms with van der Waals surface area (Å²) in [4.78, 5) is 62.4. The second-order valence-electron chi connectivity index (χ2n) is 8.25. The second kappa shape index (κ2) is 9.08. The predicted octanol–water partition coefficient (Wildman–Crippen LogP) is -0.193. The lowest BCUT2D eigenvalue weighted by molar-refractivity contribution is -0.384. The first-order valence-corrected chi connectivity index (χ1v) is 10.2. The maximum absolute atomic E-state index is 13.0. The lowest BCUT2D eigenvalue weighted by Gasteiger charge is -2.46. The van der Waals surface area contributed by atoms with Crippen molar-refractivity contribution in [1.82, 2.24) is 9.80 Å². The zero-order valence-electron chi connectivity index (χ0n) is 18.3. The molecule has 2 aliphatic rings. The average molecular weight is 460 g/mol. The third-order valence-corrected chi connectivity index (χ3v) is 5.87. The van der Waals surface area contributed by atoms with Crippen molar-refractivity contribution in [3.63, 3.8) is 0 Å². The van der Waals surface area contributed by atoms with E-state index >= 15 is 0 Å². The predicted molar refractivity (Wildman–Crippen MR) is 112 cm³/mol. The molecule has 0 saturated carbocycles. The van der Waals surface area contributed by atoms with Gasteiger partial charge < -0.3 is 20.5 Å². The monoisotopic (exact) mass is 460 g/mol. The number of carbonyl (C=O) groups excluding carboxylic acids is 4. The molecular weight excluding hydrogens is 436 g/mol. The molecule has 1 saturated heterocycles.